The molecule has 0 N–H and O–H groups in total. The SMILES string of the molecule is N#CCN(C(=O)c1ccccc1Br)C1CC1. The molecule has 1 aliphatic rings. The summed E-state index contributed by atoms with van der Waals surface area (Å²) in [5, 5.41) is 8.72. The first kappa shape index (κ1) is 11.2. The number of carbonyl (C=O) groups excluding carboxylic acids is 1. The number of nitrogens with zero attached hydrogens (tertiary/aromatic N) is 2. The van der Waals surface area contributed by atoms with Gasteiger partial charge < -0.3 is 4.90 Å². The van der Waals surface area contributed by atoms with Crippen LogP contribution in [0.2, 0.25) is 0 Å². The fourth-order valence-electron chi connectivity index (χ4n) is 1.62. The van der Waals surface area contributed by atoms with Gasteiger partial charge in [0.2, 0.25) is 0 Å². The molecule has 0 heterocycles. The van der Waals surface area contributed by atoms with Crippen molar-refractivity contribution in [3.63, 3.8) is 0 Å². The molecule has 0 bridgehead atoms. The van der Waals surface area contributed by atoms with Gasteiger partial charge in [-0.2, -0.15) is 5.26 Å². The molecule has 0 aliphatic heterocycles. The van der Waals surface area contributed by atoms with Crippen LogP contribution in [0.1, 0.15) is 23.2 Å². The third-order valence-electron chi connectivity index (χ3n) is 2.59. The van der Waals surface area contributed by atoms with Crippen LogP contribution >= 0.6 is 15.9 Å². The number of rotatable bonds is 3. The van der Waals surface area contributed by atoms with Crippen molar-refractivity contribution in [2.24, 2.45) is 0 Å². The van der Waals surface area contributed by atoms with Crippen LogP contribution in [0, 0.1) is 11.3 Å². The second kappa shape index (κ2) is 4.67. The lowest BCUT2D eigenvalue weighted by atomic mass is 10.2. The van der Waals surface area contributed by atoms with E-state index in [0.717, 1.165) is 17.3 Å². The normalized spacial score (nSPS) is 14.2. The van der Waals surface area contributed by atoms with Gasteiger partial charge >= 0.3 is 0 Å². The molecule has 0 saturated heterocycles. The molecule has 1 saturated carbocycles. The third kappa shape index (κ3) is 2.25. The molecule has 0 atom stereocenters. The standard InChI is InChI=1S/C12H11BrN2O/c13-11-4-2-1-3-10(11)12(16)15(8-7-14)9-5-6-9/h1-4,9H,5-6,8H2. The molecule has 82 valence electrons. The second-order valence-electron chi connectivity index (χ2n) is 3.80. The molecule has 1 aromatic rings. The van der Waals surface area contributed by atoms with Gasteiger partial charge in [0, 0.05) is 10.5 Å². The van der Waals surface area contributed by atoms with E-state index in [-0.39, 0.29) is 18.5 Å². The molecular formula is C12H11BrN2O. The molecule has 1 amide bonds. The highest BCUT2D eigenvalue weighted by atomic mass is 79.9. The number of halogens is 1. The van der Waals surface area contributed by atoms with Crippen LogP contribution in [0.15, 0.2) is 28.7 Å². The summed E-state index contributed by atoms with van der Waals surface area (Å²) in [5.74, 6) is -0.0588. The highest BCUT2D eigenvalue weighted by molar-refractivity contribution is 9.10. The zero-order valence-corrected chi connectivity index (χ0v) is 10.3. The molecule has 1 fully saturated rings. The molecule has 0 radical (unpaired) electrons. The maximum Gasteiger partial charge on any atom is 0.256 e. The minimum absolute atomic E-state index is 0.0588. The van der Waals surface area contributed by atoms with E-state index in [9.17, 15) is 4.79 Å². The zero-order valence-electron chi connectivity index (χ0n) is 8.69. The summed E-state index contributed by atoms with van der Waals surface area (Å²) in [6, 6.07) is 9.62. The smallest absolute Gasteiger partial charge is 0.256 e. The average molecular weight is 279 g/mol. The molecule has 0 unspecified atom stereocenters. The van der Waals surface area contributed by atoms with E-state index in [4.69, 9.17) is 5.26 Å². The molecule has 0 aromatic heterocycles. The minimum atomic E-state index is -0.0588. The summed E-state index contributed by atoms with van der Waals surface area (Å²) < 4.78 is 0.781. The maximum atomic E-state index is 12.2. The Labute approximate surface area is 103 Å². The Bertz CT molecular complexity index is 449. The van der Waals surface area contributed by atoms with Gasteiger partial charge in [0.15, 0.2) is 0 Å². The molecular weight excluding hydrogens is 268 g/mol. The third-order valence-corrected chi connectivity index (χ3v) is 3.29. The summed E-state index contributed by atoms with van der Waals surface area (Å²) in [6.07, 6.45) is 2.02. The summed E-state index contributed by atoms with van der Waals surface area (Å²) in [4.78, 5) is 13.8. The van der Waals surface area contributed by atoms with E-state index in [0.29, 0.717) is 5.56 Å². The lowest BCUT2D eigenvalue weighted by molar-refractivity contribution is 0.0764. The number of amides is 1. The Balaban J connectivity index is 2.23. The predicted octanol–water partition coefficient (Wildman–Crippen LogP) is 2.58. The lowest BCUT2D eigenvalue weighted by Gasteiger charge is -2.19. The summed E-state index contributed by atoms with van der Waals surface area (Å²) in [5.41, 5.74) is 0.629. The van der Waals surface area contributed by atoms with Gasteiger partial charge in [-0.3, -0.25) is 4.79 Å². The number of nitriles is 1. The molecule has 0 spiro atoms. The number of benzene rings is 1. The van der Waals surface area contributed by atoms with Crippen molar-refractivity contribution in [1.29, 1.82) is 5.26 Å². The summed E-state index contributed by atoms with van der Waals surface area (Å²) in [7, 11) is 0. The van der Waals surface area contributed by atoms with E-state index in [1.165, 1.54) is 0 Å². The van der Waals surface area contributed by atoms with Gasteiger partial charge in [0.05, 0.1) is 11.6 Å². The first-order valence-corrected chi connectivity index (χ1v) is 5.96. The Hall–Kier alpha value is -1.34. The van der Waals surface area contributed by atoms with Gasteiger partial charge in [-0.05, 0) is 40.9 Å². The van der Waals surface area contributed by atoms with Crippen molar-refractivity contribution in [1.82, 2.24) is 4.90 Å². The van der Waals surface area contributed by atoms with Crippen molar-refractivity contribution in [2.45, 2.75) is 18.9 Å². The predicted molar refractivity (Wildman–Crippen MR) is 63.8 cm³/mol. The Morgan fingerprint density at radius 2 is 2.19 bits per heavy atom. The van der Waals surface area contributed by atoms with Crippen LogP contribution < -0.4 is 0 Å². The number of carbonyl (C=O) groups is 1. The maximum absolute atomic E-state index is 12.2. The molecule has 3 nitrogen and oxygen atoms in total. The van der Waals surface area contributed by atoms with E-state index < -0.39 is 0 Å². The van der Waals surface area contributed by atoms with Crippen molar-refractivity contribution >= 4 is 21.8 Å². The topological polar surface area (TPSA) is 44.1 Å². The Kier molecular flexibility index (Phi) is 3.25. The van der Waals surface area contributed by atoms with Gasteiger partial charge in [-0.15, -0.1) is 0 Å². The largest absolute Gasteiger partial charge is 0.322 e. The molecule has 1 aromatic carbocycles. The monoisotopic (exact) mass is 278 g/mol. The van der Waals surface area contributed by atoms with Crippen LogP contribution in [0.5, 0.6) is 0 Å². The van der Waals surface area contributed by atoms with Crippen LogP contribution in [0.25, 0.3) is 0 Å². The average Bonchev–Trinajstić information content (AvgIpc) is 3.09. The van der Waals surface area contributed by atoms with Gasteiger partial charge in [0.25, 0.3) is 5.91 Å². The minimum Gasteiger partial charge on any atom is -0.322 e. The Morgan fingerprint density at radius 1 is 1.50 bits per heavy atom. The quantitative estimate of drug-likeness (QED) is 0.798. The highest BCUT2D eigenvalue weighted by Crippen LogP contribution is 2.29. The van der Waals surface area contributed by atoms with E-state index in [2.05, 4.69) is 15.9 Å². The van der Waals surface area contributed by atoms with Gasteiger partial charge in [0.1, 0.15) is 6.54 Å². The van der Waals surface area contributed by atoms with Gasteiger partial charge in [-0.25, -0.2) is 0 Å². The van der Waals surface area contributed by atoms with E-state index >= 15 is 0 Å². The molecule has 4 heteroatoms. The Morgan fingerprint density at radius 3 is 2.75 bits per heavy atom. The fraction of sp³-hybridized carbons (Fsp3) is 0.333. The molecule has 2 rings (SSSR count). The summed E-state index contributed by atoms with van der Waals surface area (Å²) >= 11 is 3.36. The zero-order chi connectivity index (χ0) is 11.5. The van der Waals surface area contributed by atoms with Crippen molar-refractivity contribution in [3.8, 4) is 6.07 Å². The number of hydrogen-bond donors (Lipinski definition) is 0. The van der Waals surface area contributed by atoms with Crippen LogP contribution in [-0.2, 0) is 0 Å². The molecule has 16 heavy (non-hydrogen) atoms. The first-order valence-electron chi connectivity index (χ1n) is 5.16. The van der Waals surface area contributed by atoms with E-state index in [1.54, 1.807) is 11.0 Å². The number of hydrogen-bond acceptors (Lipinski definition) is 2. The van der Waals surface area contributed by atoms with Crippen LogP contribution in [0.4, 0.5) is 0 Å². The van der Waals surface area contributed by atoms with Gasteiger partial charge in [-0.1, -0.05) is 12.1 Å². The molecule has 1 aliphatic carbocycles. The van der Waals surface area contributed by atoms with E-state index in [1.807, 2.05) is 24.3 Å². The van der Waals surface area contributed by atoms with Crippen molar-refractivity contribution in [2.75, 3.05) is 6.54 Å². The fourth-order valence-corrected chi connectivity index (χ4v) is 2.07. The van der Waals surface area contributed by atoms with Crippen molar-refractivity contribution < 1.29 is 4.79 Å². The van der Waals surface area contributed by atoms with Crippen LogP contribution in [0.3, 0.4) is 0 Å². The summed E-state index contributed by atoms with van der Waals surface area (Å²) in [6.45, 7) is 0.171. The second-order valence-corrected chi connectivity index (χ2v) is 4.66. The lowest BCUT2D eigenvalue weighted by Crippen LogP contribution is -2.33. The van der Waals surface area contributed by atoms with Crippen molar-refractivity contribution in [3.05, 3.63) is 34.3 Å². The first-order chi connectivity index (χ1) is 7.74. The van der Waals surface area contributed by atoms with Crippen LogP contribution in [-0.4, -0.2) is 23.4 Å². The highest BCUT2D eigenvalue weighted by Gasteiger charge is 2.33.